The average Bonchev–Trinajstić information content (AvgIpc) is 2.04. The largest absolute Gasteiger partial charge is 0.419 e. The van der Waals surface area contributed by atoms with Crippen molar-refractivity contribution in [2.45, 2.75) is 24.1 Å². The lowest BCUT2D eigenvalue weighted by Gasteiger charge is -2.13. The Bertz CT molecular complexity index is 98.7. The smallest absolute Gasteiger partial charge is 0.178 e. The number of alkyl halides is 1. The first-order valence-corrected chi connectivity index (χ1v) is 6.47. The Morgan fingerprint density at radius 3 is 2.33 bits per heavy atom. The molecule has 0 radical (unpaired) electrons. The maximum absolute atomic E-state index is 5.45. The highest BCUT2D eigenvalue weighted by Gasteiger charge is 2.04. The fourth-order valence-electron chi connectivity index (χ4n) is 0.658. The fraction of sp³-hybridized carbons (Fsp3) is 1.00. The molecule has 12 heavy (non-hydrogen) atoms. The number of halogens is 1. The summed E-state index contributed by atoms with van der Waals surface area (Å²) in [6, 6.07) is 1.14. The molecule has 5 heteroatoms. The molecular formula is C7H17BrO3Si. The molecule has 1 unspecified atom stereocenters. The van der Waals surface area contributed by atoms with E-state index >= 15 is 0 Å². The average molecular weight is 257 g/mol. The van der Waals surface area contributed by atoms with Crippen LogP contribution in [0.4, 0.5) is 0 Å². The van der Waals surface area contributed by atoms with Crippen LogP contribution in [0.3, 0.4) is 0 Å². The maximum atomic E-state index is 5.45. The molecule has 0 heterocycles. The van der Waals surface area contributed by atoms with E-state index in [2.05, 4.69) is 22.9 Å². The van der Waals surface area contributed by atoms with E-state index in [1.165, 1.54) is 0 Å². The van der Waals surface area contributed by atoms with Crippen molar-refractivity contribution in [2.24, 2.45) is 0 Å². The number of methoxy groups -OCH3 is 2. The van der Waals surface area contributed by atoms with E-state index in [0.29, 0.717) is 11.4 Å². The summed E-state index contributed by atoms with van der Waals surface area (Å²) in [7, 11) is 2.83. The van der Waals surface area contributed by atoms with E-state index in [4.69, 9.17) is 13.9 Å². The third-order valence-corrected chi connectivity index (χ3v) is 4.37. The zero-order chi connectivity index (χ0) is 9.40. The number of rotatable bonds is 7. The number of ether oxygens (including phenoxy) is 2. The quantitative estimate of drug-likeness (QED) is 0.293. The van der Waals surface area contributed by atoms with E-state index in [-0.39, 0.29) is 6.29 Å². The minimum absolute atomic E-state index is 0.205. The van der Waals surface area contributed by atoms with Crippen LogP contribution in [-0.2, 0) is 13.9 Å². The highest BCUT2D eigenvalue weighted by Crippen LogP contribution is 2.03. The minimum atomic E-state index is -0.404. The predicted octanol–water partition coefficient (Wildman–Crippen LogP) is 0.907. The van der Waals surface area contributed by atoms with Crippen LogP contribution in [0.15, 0.2) is 0 Å². The van der Waals surface area contributed by atoms with Gasteiger partial charge in [-0.3, -0.25) is 0 Å². The van der Waals surface area contributed by atoms with Crippen molar-refractivity contribution in [3.8, 4) is 0 Å². The lowest BCUT2D eigenvalue weighted by Crippen LogP contribution is -2.21. The second-order valence-electron chi connectivity index (χ2n) is 2.55. The summed E-state index contributed by atoms with van der Waals surface area (Å²) in [4.78, 5) is 0.563. The van der Waals surface area contributed by atoms with Gasteiger partial charge in [-0.05, 0) is 6.04 Å². The van der Waals surface area contributed by atoms with Crippen molar-refractivity contribution in [1.29, 1.82) is 0 Å². The summed E-state index contributed by atoms with van der Waals surface area (Å²) in [5.41, 5.74) is 0. The Morgan fingerprint density at radius 1 is 1.33 bits per heavy atom. The Labute approximate surface area is 84.8 Å². The summed E-state index contributed by atoms with van der Waals surface area (Å²) in [5, 5.41) is 0. The maximum Gasteiger partial charge on any atom is 0.178 e. The van der Waals surface area contributed by atoms with Crippen molar-refractivity contribution >= 4 is 25.7 Å². The molecule has 0 fully saturated rings. The third-order valence-electron chi connectivity index (χ3n) is 1.44. The van der Waals surface area contributed by atoms with Crippen LogP contribution in [0.5, 0.6) is 0 Å². The predicted molar refractivity (Wildman–Crippen MR) is 55.5 cm³/mol. The Balaban J connectivity index is 3.17. The van der Waals surface area contributed by atoms with Crippen molar-refractivity contribution in [3.05, 3.63) is 0 Å². The molecule has 0 amide bonds. The van der Waals surface area contributed by atoms with Crippen LogP contribution in [0.1, 0.15) is 6.92 Å². The second kappa shape index (κ2) is 8.19. The summed E-state index contributed by atoms with van der Waals surface area (Å²) in [5.74, 6) is 0. The molecule has 74 valence electrons. The second-order valence-corrected chi connectivity index (χ2v) is 5.50. The van der Waals surface area contributed by atoms with Gasteiger partial charge in [0.25, 0.3) is 0 Å². The first kappa shape index (κ1) is 12.6. The molecule has 0 spiro atoms. The molecule has 1 atom stereocenters. The standard InChI is InChI=1S/C7H17BrO3Si/c1-6(8)5-12-11-4-7(9-2)10-3/h6-7H,4-5,12H2,1-3H3. The number of hydrogen-bond acceptors (Lipinski definition) is 3. The van der Waals surface area contributed by atoms with E-state index in [9.17, 15) is 0 Å². The van der Waals surface area contributed by atoms with Gasteiger partial charge in [-0.25, -0.2) is 0 Å². The van der Waals surface area contributed by atoms with Crippen molar-refractivity contribution in [2.75, 3.05) is 20.8 Å². The van der Waals surface area contributed by atoms with Crippen molar-refractivity contribution in [3.63, 3.8) is 0 Å². The van der Waals surface area contributed by atoms with Crippen molar-refractivity contribution in [1.82, 2.24) is 0 Å². The molecule has 0 aliphatic rings. The fourth-order valence-corrected chi connectivity index (χ4v) is 2.07. The molecule has 0 aliphatic carbocycles. The van der Waals surface area contributed by atoms with E-state index in [0.717, 1.165) is 6.04 Å². The summed E-state index contributed by atoms with van der Waals surface area (Å²) < 4.78 is 15.4. The minimum Gasteiger partial charge on any atom is -0.419 e. The molecule has 0 aromatic heterocycles. The summed E-state index contributed by atoms with van der Waals surface area (Å²) >= 11 is 3.47. The van der Waals surface area contributed by atoms with Crippen LogP contribution in [-0.4, -0.2) is 41.7 Å². The Hall–Kier alpha value is 0.577. The molecule has 0 saturated heterocycles. The van der Waals surface area contributed by atoms with Crippen LogP contribution in [0.2, 0.25) is 6.04 Å². The van der Waals surface area contributed by atoms with Gasteiger partial charge in [-0.2, -0.15) is 0 Å². The molecule has 0 aliphatic heterocycles. The van der Waals surface area contributed by atoms with Gasteiger partial charge in [0.1, 0.15) is 0 Å². The molecule has 0 saturated carbocycles. The van der Waals surface area contributed by atoms with Crippen LogP contribution < -0.4 is 0 Å². The first-order valence-electron chi connectivity index (χ1n) is 3.98. The first-order chi connectivity index (χ1) is 5.70. The van der Waals surface area contributed by atoms with Gasteiger partial charge in [-0.15, -0.1) is 0 Å². The molecule has 0 aromatic rings. The zero-order valence-corrected chi connectivity index (χ0v) is 10.9. The van der Waals surface area contributed by atoms with Gasteiger partial charge >= 0.3 is 0 Å². The molecular weight excluding hydrogens is 240 g/mol. The van der Waals surface area contributed by atoms with Gasteiger partial charge in [0.15, 0.2) is 16.1 Å². The van der Waals surface area contributed by atoms with Gasteiger partial charge in [0, 0.05) is 19.0 Å². The molecule has 0 rings (SSSR count). The molecule has 3 nitrogen and oxygen atoms in total. The van der Waals surface area contributed by atoms with E-state index in [1.807, 2.05) is 0 Å². The van der Waals surface area contributed by atoms with Gasteiger partial charge < -0.3 is 13.9 Å². The Kier molecular flexibility index (Phi) is 8.58. The third kappa shape index (κ3) is 7.24. The van der Waals surface area contributed by atoms with E-state index in [1.54, 1.807) is 14.2 Å². The molecule has 0 N–H and O–H groups in total. The highest BCUT2D eigenvalue weighted by molar-refractivity contribution is 9.09. The Morgan fingerprint density at radius 2 is 1.92 bits per heavy atom. The van der Waals surface area contributed by atoms with Crippen LogP contribution in [0.25, 0.3) is 0 Å². The lowest BCUT2D eigenvalue weighted by atomic mass is 10.6. The van der Waals surface area contributed by atoms with Gasteiger partial charge in [-0.1, -0.05) is 22.9 Å². The van der Waals surface area contributed by atoms with Crippen molar-refractivity contribution < 1.29 is 13.9 Å². The van der Waals surface area contributed by atoms with Gasteiger partial charge in [0.05, 0.1) is 6.61 Å². The topological polar surface area (TPSA) is 27.7 Å². The molecule has 0 bridgehead atoms. The SMILES string of the molecule is COC(CO[SiH2]CC(C)Br)OC. The lowest BCUT2D eigenvalue weighted by molar-refractivity contribution is -0.121. The monoisotopic (exact) mass is 256 g/mol. The van der Waals surface area contributed by atoms with Gasteiger partial charge in [0.2, 0.25) is 0 Å². The van der Waals surface area contributed by atoms with Crippen LogP contribution in [0, 0.1) is 0 Å². The summed E-state index contributed by atoms with van der Waals surface area (Å²) in [6.07, 6.45) is -0.205. The zero-order valence-electron chi connectivity index (χ0n) is 7.88. The number of hydrogen-bond donors (Lipinski definition) is 0. The molecule has 0 aromatic carbocycles. The highest BCUT2D eigenvalue weighted by atomic mass is 79.9. The van der Waals surface area contributed by atoms with Crippen LogP contribution >= 0.6 is 15.9 Å². The van der Waals surface area contributed by atoms with E-state index < -0.39 is 9.76 Å². The normalized spacial score (nSPS) is 14.8. The summed E-state index contributed by atoms with van der Waals surface area (Å²) in [6.45, 7) is 2.68.